The number of hydrogen-bond donors (Lipinski definition) is 1. The van der Waals surface area contributed by atoms with Crippen molar-refractivity contribution in [3.63, 3.8) is 0 Å². The van der Waals surface area contributed by atoms with Crippen LogP contribution in [0.3, 0.4) is 0 Å². The first-order valence-corrected chi connectivity index (χ1v) is 2.53. The van der Waals surface area contributed by atoms with E-state index in [4.69, 9.17) is 5.11 Å². The zero-order chi connectivity index (χ0) is 6.15. The Morgan fingerprint density at radius 3 is 2.38 bits per heavy atom. The Labute approximate surface area is 47.3 Å². The van der Waals surface area contributed by atoms with Crippen molar-refractivity contribution in [1.82, 2.24) is 0 Å². The van der Waals surface area contributed by atoms with Gasteiger partial charge in [-0.25, -0.2) is 4.79 Å². The van der Waals surface area contributed by atoms with Gasteiger partial charge in [0, 0.05) is 0 Å². The lowest BCUT2D eigenvalue weighted by molar-refractivity contribution is -0.420. The van der Waals surface area contributed by atoms with Crippen molar-refractivity contribution in [3.05, 3.63) is 0 Å². The van der Waals surface area contributed by atoms with Crippen LogP contribution in [0.15, 0.2) is 0 Å². The predicted octanol–water partition coefficient (Wildman–Crippen LogP) is -0.0944. The standard InChI is InChI=1S/C5H7NO2/c1-6-4(7)2-3-5(6)8/h2-3H2,1H3/p+1. The predicted molar refractivity (Wildman–Crippen MR) is 28.1 cm³/mol. The molecule has 1 heterocycles. The van der Waals surface area contributed by atoms with Crippen molar-refractivity contribution in [2.24, 2.45) is 0 Å². The summed E-state index contributed by atoms with van der Waals surface area (Å²) in [4.78, 5) is 10.5. The van der Waals surface area contributed by atoms with Crippen molar-refractivity contribution < 1.29 is 14.5 Å². The number of hydrogen-bond acceptors (Lipinski definition) is 1. The summed E-state index contributed by atoms with van der Waals surface area (Å²) in [6, 6.07) is 0. The van der Waals surface area contributed by atoms with Gasteiger partial charge in [0.2, 0.25) is 0 Å². The van der Waals surface area contributed by atoms with E-state index in [2.05, 4.69) is 0 Å². The fourth-order valence-electron chi connectivity index (χ4n) is 0.698. The molecule has 0 fully saturated rings. The van der Waals surface area contributed by atoms with E-state index in [1.165, 1.54) is 4.58 Å². The fraction of sp³-hybridized carbons (Fsp3) is 0.600. The largest absolute Gasteiger partial charge is 0.463 e. The monoisotopic (exact) mass is 114 g/mol. The Hall–Kier alpha value is -0.860. The van der Waals surface area contributed by atoms with Crippen LogP contribution in [-0.2, 0) is 4.79 Å². The minimum Gasteiger partial charge on any atom is -0.463 e. The molecule has 0 saturated carbocycles. The van der Waals surface area contributed by atoms with Crippen LogP contribution in [0, 0.1) is 0 Å². The summed E-state index contributed by atoms with van der Waals surface area (Å²) in [5.41, 5.74) is 0. The summed E-state index contributed by atoms with van der Waals surface area (Å²) >= 11 is 0. The number of aliphatic hydroxyl groups excluding tert-OH is 1. The smallest absolute Gasteiger partial charge is 0.390 e. The molecule has 3 heteroatoms. The van der Waals surface area contributed by atoms with Crippen molar-refractivity contribution in [2.75, 3.05) is 7.05 Å². The van der Waals surface area contributed by atoms with Gasteiger partial charge in [-0.1, -0.05) is 0 Å². The second kappa shape index (κ2) is 1.58. The Bertz CT molecular complexity index is 160. The molecular formula is C5H8NO2+. The topological polar surface area (TPSA) is 40.3 Å². The molecule has 1 aliphatic heterocycles. The summed E-state index contributed by atoms with van der Waals surface area (Å²) in [6.45, 7) is 0. The summed E-state index contributed by atoms with van der Waals surface area (Å²) in [6.07, 6.45) is 0.970. The van der Waals surface area contributed by atoms with Gasteiger partial charge in [-0.2, -0.15) is 0 Å². The number of rotatable bonds is 0. The zero-order valence-corrected chi connectivity index (χ0v) is 4.72. The molecule has 1 aliphatic rings. The number of nitrogens with zero attached hydrogens (tertiary/aromatic N) is 1. The maximum atomic E-state index is 10.5. The van der Waals surface area contributed by atoms with Crippen LogP contribution in [-0.4, -0.2) is 28.5 Å². The Morgan fingerprint density at radius 2 is 2.25 bits per heavy atom. The molecule has 0 aromatic carbocycles. The van der Waals surface area contributed by atoms with Gasteiger partial charge < -0.3 is 5.11 Å². The van der Waals surface area contributed by atoms with Gasteiger partial charge in [0.25, 0.3) is 0 Å². The van der Waals surface area contributed by atoms with Crippen molar-refractivity contribution >= 4 is 11.8 Å². The van der Waals surface area contributed by atoms with Crippen molar-refractivity contribution in [3.8, 4) is 0 Å². The van der Waals surface area contributed by atoms with Gasteiger partial charge in [-0.3, -0.25) is 0 Å². The molecule has 1 rings (SSSR count). The molecule has 0 atom stereocenters. The van der Waals surface area contributed by atoms with Crippen LogP contribution >= 0.6 is 0 Å². The maximum Gasteiger partial charge on any atom is 0.390 e. The minimum atomic E-state index is 0.00231. The first-order chi connectivity index (χ1) is 3.72. The first-order valence-electron chi connectivity index (χ1n) is 2.53. The van der Waals surface area contributed by atoms with Gasteiger partial charge in [0.05, 0.1) is 12.8 Å². The lowest BCUT2D eigenvalue weighted by atomic mass is 10.4. The van der Waals surface area contributed by atoms with E-state index in [0.29, 0.717) is 12.8 Å². The van der Waals surface area contributed by atoms with Crippen LogP contribution in [0.4, 0.5) is 0 Å². The van der Waals surface area contributed by atoms with E-state index < -0.39 is 0 Å². The zero-order valence-electron chi connectivity index (χ0n) is 4.72. The molecule has 3 nitrogen and oxygen atoms in total. The van der Waals surface area contributed by atoms with Crippen LogP contribution in [0.1, 0.15) is 12.8 Å². The Morgan fingerprint density at radius 1 is 1.62 bits per heavy atom. The molecule has 0 spiro atoms. The second-order valence-electron chi connectivity index (χ2n) is 1.87. The van der Waals surface area contributed by atoms with E-state index in [0.717, 1.165) is 0 Å². The van der Waals surface area contributed by atoms with E-state index in [9.17, 15) is 4.79 Å². The average Bonchev–Trinajstić information content (AvgIpc) is 1.98. The molecule has 0 aromatic rings. The van der Waals surface area contributed by atoms with E-state index in [1.54, 1.807) is 7.05 Å². The summed E-state index contributed by atoms with van der Waals surface area (Å²) < 4.78 is 1.28. The second-order valence-corrected chi connectivity index (χ2v) is 1.87. The molecule has 44 valence electrons. The van der Waals surface area contributed by atoms with Crippen molar-refractivity contribution in [2.45, 2.75) is 12.8 Å². The van der Waals surface area contributed by atoms with E-state index in [-0.39, 0.29) is 11.8 Å². The fourth-order valence-corrected chi connectivity index (χ4v) is 0.698. The number of carbonyl (C=O) groups is 1. The molecule has 0 aliphatic carbocycles. The highest BCUT2D eigenvalue weighted by atomic mass is 16.3. The van der Waals surface area contributed by atoms with Gasteiger partial charge in [-0.05, 0) is 0 Å². The number of amides is 1. The van der Waals surface area contributed by atoms with Gasteiger partial charge in [-0.15, -0.1) is 4.58 Å². The highest BCUT2D eigenvalue weighted by molar-refractivity contribution is 5.85. The summed E-state index contributed by atoms with van der Waals surface area (Å²) in [7, 11) is 1.57. The molecular weight excluding hydrogens is 106 g/mol. The third-order valence-corrected chi connectivity index (χ3v) is 1.32. The first kappa shape index (κ1) is 5.28. The minimum absolute atomic E-state index is 0.00231. The highest BCUT2D eigenvalue weighted by Gasteiger charge is 2.27. The van der Waals surface area contributed by atoms with E-state index >= 15 is 0 Å². The molecule has 1 N–H and O–H groups in total. The van der Waals surface area contributed by atoms with Gasteiger partial charge in [0.15, 0.2) is 0 Å². The van der Waals surface area contributed by atoms with Gasteiger partial charge >= 0.3 is 11.8 Å². The SMILES string of the molecule is C[N+]1=C(O)CCC1=O. The lowest BCUT2D eigenvalue weighted by Gasteiger charge is -1.79. The summed E-state index contributed by atoms with van der Waals surface area (Å²) in [5.74, 6) is 0.192. The third-order valence-electron chi connectivity index (χ3n) is 1.32. The normalized spacial score (nSPS) is 20.4. The highest BCUT2D eigenvalue weighted by Crippen LogP contribution is 2.00. The number of carbonyl (C=O) groups excluding carboxylic acids is 1. The molecule has 0 radical (unpaired) electrons. The lowest BCUT2D eigenvalue weighted by Crippen LogP contribution is -2.13. The molecule has 1 amide bonds. The Balaban J connectivity index is 2.86. The molecule has 0 aromatic heterocycles. The van der Waals surface area contributed by atoms with Crippen LogP contribution in [0.5, 0.6) is 0 Å². The van der Waals surface area contributed by atoms with Gasteiger partial charge in [0.1, 0.15) is 7.05 Å². The van der Waals surface area contributed by atoms with Crippen LogP contribution in [0.25, 0.3) is 0 Å². The quantitative estimate of drug-likeness (QED) is 0.447. The van der Waals surface area contributed by atoms with Crippen LogP contribution < -0.4 is 0 Å². The Kier molecular flexibility index (Phi) is 1.04. The average molecular weight is 114 g/mol. The van der Waals surface area contributed by atoms with Crippen molar-refractivity contribution in [1.29, 1.82) is 0 Å². The molecule has 8 heavy (non-hydrogen) atoms. The molecule has 0 saturated heterocycles. The number of aliphatic hydroxyl groups is 1. The van der Waals surface area contributed by atoms with E-state index in [1.807, 2.05) is 0 Å². The molecule has 0 bridgehead atoms. The van der Waals surface area contributed by atoms with Crippen LogP contribution in [0.2, 0.25) is 0 Å². The molecule has 0 unspecified atom stereocenters. The maximum absolute atomic E-state index is 10.5. The summed E-state index contributed by atoms with van der Waals surface area (Å²) in [5, 5.41) is 8.79. The third kappa shape index (κ3) is 0.598.